The molecule has 1 aromatic carbocycles. The number of nitrogens with one attached hydrogen (secondary N) is 1. The number of hydrogen-bond donors (Lipinski definition) is 2. The van der Waals surface area contributed by atoms with Crippen molar-refractivity contribution >= 4 is 15.9 Å². The van der Waals surface area contributed by atoms with E-state index in [1.54, 1.807) is 0 Å². The van der Waals surface area contributed by atoms with E-state index in [1.807, 2.05) is 18.2 Å². The minimum absolute atomic E-state index is 0.240. The van der Waals surface area contributed by atoms with Gasteiger partial charge in [0.15, 0.2) is 0 Å². The maximum Gasteiger partial charge on any atom is 0.0791 e. The number of hydrogen-bond acceptors (Lipinski definition) is 3. The predicted molar refractivity (Wildman–Crippen MR) is 82.2 cm³/mol. The van der Waals surface area contributed by atoms with E-state index < -0.39 is 0 Å². The second-order valence-electron chi connectivity index (χ2n) is 5.31. The van der Waals surface area contributed by atoms with Crippen molar-refractivity contribution in [2.24, 2.45) is 0 Å². The molecule has 0 amide bonds. The molecule has 1 aromatic rings. The van der Waals surface area contributed by atoms with Gasteiger partial charge in [-0.3, -0.25) is 0 Å². The van der Waals surface area contributed by atoms with Crippen molar-refractivity contribution in [1.82, 2.24) is 10.2 Å². The van der Waals surface area contributed by atoms with E-state index in [9.17, 15) is 5.11 Å². The van der Waals surface area contributed by atoms with Crippen LogP contribution < -0.4 is 5.32 Å². The first kappa shape index (κ1) is 15.0. The highest BCUT2D eigenvalue weighted by atomic mass is 79.9. The highest BCUT2D eigenvalue weighted by Crippen LogP contribution is 2.22. The number of rotatable bonds is 6. The molecule has 3 nitrogen and oxygen atoms in total. The molecule has 1 aliphatic rings. The number of β-amino-alcohol motifs (C(OH)–C–C–N with tert-alkyl or cyclic N) is 1. The minimum Gasteiger partial charge on any atom is -0.390 e. The van der Waals surface area contributed by atoms with Crippen molar-refractivity contribution in [2.45, 2.75) is 31.9 Å². The van der Waals surface area contributed by atoms with Crippen molar-refractivity contribution in [3.63, 3.8) is 0 Å². The summed E-state index contributed by atoms with van der Waals surface area (Å²) in [6.07, 6.45) is 2.25. The second-order valence-corrected chi connectivity index (χ2v) is 6.17. The lowest BCUT2D eigenvalue weighted by atomic mass is 10.1. The van der Waals surface area contributed by atoms with Crippen LogP contribution in [0.15, 0.2) is 28.7 Å². The summed E-state index contributed by atoms with van der Waals surface area (Å²) in [5.41, 5.74) is 1.23. The van der Waals surface area contributed by atoms with E-state index in [1.165, 1.54) is 18.4 Å². The first-order chi connectivity index (χ1) is 9.16. The zero-order chi connectivity index (χ0) is 13.7. The van der Waals surface area contributed by atoms with Gasteiger partial charge in [0, 0.05) is 23.6 Å². The van der Waals surface area contributed by atoms with Crippen molar-refractivity contribution < 1.29 is 5.11 Å². The molecule has 0 saturated carbocycles. The molecule has 2 atom stereocenters. The molecule has 0 bridgehead atoms. The summed E-state index contributed by atoms with van der Waals surface area (Å²) < 4.78 is 1.11. The van der Waals surface area contributed by atoms with Crippen LogP contribution in [0.4, 0.5) is 0 Å². The molecule has 2 rings (SSSR count). The Morgan fingerprint density at radius 3 is 2.68 bits per heavy atom. The average molecular weight is 327 g/mol. The number of halogens is 1. The average Bonchev–Trinajstić information content (AvgIpc) is 2.89. The second kappa shape index (κ2) is 7.39. The zero-order valence-corrected chi connectivity index (χ0v) is 13.1. The van der Waals surface area contributed by atoms with Gasteiger partial charge in [-0.2, -0.15) is 0 Å². The van der Waals surface area contributed by atoms with Gasteiger partial charge in [-0.15, -0.1) is 0 Å². The zero-order valence-electron chi connectivity index (χ0n) is 11.5. The number of nitrogens with zero attached hydrogens (tertiary/aromatic N) is 1. The quantitative estimate of drug-likeness (QED) is 0.843. The molecular formula is C15H23BrN2O. The van der Waals surface area contributed by atoms with E-state index in [2.05, 4.69) is 39.1 Å². The van der Waals surface area contributed by atoms with Crippen molar-refractivity contribution in [2.75, 3.05) is 26.2 Å². The number of benzene rings is 1. The maximum absolute atomic E-state index is 10.1. The van der Waals surface area contributed by atoms with Crippen LogP contribution in [-0.2, 0) is 0 Å². The van der Waals surface area contributed by atoms with Crippen LogP contribution in [0.3, 0.4) is 0 Å². The van der Waals surface area contributed by atoms with Gasteiger partial charge >= 0.3 is 0 Å². The SMILES string of the molecule is C[C@H](NCC(O)CN1CCCC1)c1ccccc1Br. The van der Waals surface area contributed by atoms with Crippen LogP contribution in [0.2, 0.25) is 0 Å². The Kier molecular flexibility index (Phi) is 5.82. The first-order valence-corrected chi connectivity index (χ1v) is 7.84. The fourth-order valence-electron chi connectivity index (χ4n) is 2.58. The Balaban J connectivity index is 1.76. The molecule has 0 radical (unpaired) electrons. The van der Waals surface area contributed by atoms with Crippen molar-refractivity contribution in [1.29, 1.82) is 0 Å². The molecule has 19 heavy (non-hydrogen) atoms. The molecule has 4 heteroatoms. The van der Waals surface area contributed by atoms with Gasteiger partial charge in [0.25, 0.3) is 0 Å². The highest BCUT2D eigenvalue weighted by Gasteiger charge is 2.16. The van der Waals surface area contributed by atoms with Gasteiger partial charge in [-0.05, 0) is 44.5 Å². The molecule has 1 unspecified atom stereocenters. The Hall–Kier alpha value is -0.420. The summed E-state index contributed by atoms with van der Waals surface area (Å²) >= 11 is 3.56. The molecule has 0 aliphatic carbocycles. The Morgan fingerprint density at radius 2 is 2.00 bits per heavy atom. The molecule has 0 aromatic heterocycles. The summed E-state index contributed by atoms with van der Waals surface area (Å²) in [7, 11) is 0. The van der Waals surface area contributed by atoms with E-state index >= 15 is 0 Å². The Labute approximate surface area is 124 Å². The van der Waals surface area contributed by atoms with Gasteiger partial charge in [0.1, 0.15) is 0 Å². The molecule has 1 fully saturated rings. The largest absolute Gasteiger partial charge is 0.390 e. The van der Waals surface area contributed by atoms with Crippen LogP contribution in [0.25, 0.3) is 0 Å². The summed E-state index contributed by atoms with van der Waals surface area (Å²) in [4.78, 5) is 2.34. The molecular weight excluding hydrogens is 304 g/mol. The third kappa shape index (κ3) is 4.56. The topological polar surface area (TPSA) is 35.5 Å². The summed E-state index contributed by atoms with van der Waals surface area (Å²) in [6.45, 7) is 5.82. The minimum atomic E-state index is -0.289. The van der Waals surface area contributed by atoms with Gasteiger partial charge < -0.3 is 15.3 Å². The van der Waals surface area contributed by atoms with Gasteiger partial charge in [-0.1, -0.05) is 34.1 Å². The van der Waals surface area contributed by atoms with E-state index in [0.717, 1.165) is 24.1 Å². The van der Waals surface area contributed by atoms with Crippen LogP contribution in [0.1, 0.15) is 31.4 Å². The highest BCUT2D eigenvalue weighted by molar-refractivity contribution is 9.10. The van der Waals surface area contributed by atoms with Gasteiger partial charge in [0.05, 0.1) is 6.10 Å². The molecule has 106 valence electrons. The Morgan fingerprint density at radius 1 is 1.32 bits per heavy atom. The third-order valence-electron chi connectivity index (χ3n) is 3.70. The predicted octanol–water partition coefficient (Wildman–Crippen LogP) is 2.56. The summed E-state index contributed by atoms with van der Waals surface area (Å²) in [5.74, 6) is 0. The van der Waals surface area contributed by atoms with Crippen LogP contribution in [-0.4, -0.2) is 42.3 Å². The fourth-order valence-corrected chi connectivity index (χ4v) is 3.20. The van der Waals surface area contributed by atoms with E-state index in [0.29, 0.717) is 6.54 Å². The van der Waals surface area contributed by atoms with E-state index in [-0.39, 0.29) is 12.1 Å². The maximum atomic E-state index is 10.1. The van der Waals surface area contributed by atoms with Crippen molar-refractivity contribution in [3.8, 4) is 0 Å². The van der Waals surface area contributed by atoms with Gasteiger partial charge in [-0.25, -0.2) is 0 Å². The lowest BCUT2D eigenvalue weighted by molar-refractivity contribution is 0.121. The molecule has 1 aliphatic heterocycles. The Bertz CT molecular complexity index is 393. The number of likely N-dealkylation sites (tertiary alicyclic amines) is 1. The normalized spacial score (nSPS) is 19.5. The number of aliphatic hydroxyl groups excluding tert-OH is 1. The third-order valence-corrected chi connectivity index (χ3v) is 4.42. The van der Waals surface area contributed by atoms with Crippen LogP contribution >= 0.6 is 15.9 Å². The smallest absolute Gasteiger partial charge is 0.0791 e. The lowest BCUT2D eigenvalue weighted by Gasteiger charge is -2.22. The molecule has 1 heterocycles. The van der Waals surface area contributed by atoms with Crippen molar-refractivity contribution in [3.05, 3.63) is 34.3 Å². The molecule has 1 saturated heterocycles. The van der Waals surface area contributed by atoms with Crippen LogP contribution in [0, 0.1) is 0 Å². The fraction of sp³-hybridized carbons (Fsp3) is 0.600. The standard InChI is InChI=1S/C15H23BrN2O/c1-12(14-6-2-3-7-15(14)16)17-10-13(19)11-18-8-4-5-9-18/h2-3,6-7,12-13,17,19H,4-5,8-11H2,1H3/t12-,13?/m0/s1. The monoisotopic (exact) mass is 326 g/mol. The summed E-state index contributed by atoms with van der Waals surface area (Å²) in [5, 5.41) is 13.5. The lowest BCUT2D eigenvalue weighted by Crippen LogP contribution is -2.37. The molecule has 2 N–H and O–H groups in total. The number of aliphatic hydroxyl groups is 1. The van der Waals surface area contributed by atoms with Crippen LogP contribution in [0.5, 0.6) is 0 Å². The summed E-state index contributed by atoms with van der Waals surface area (Å²) in [6, 6.07) is 8.45. The molecule has 0 spiro atoms. The van der Waals surface area contributed by atoms with Gasteiger partial charge in [0.2, 0.25) is 0 Å². The van der Waals surface area contributed by atoms with E-state index in [4.69, 9.17) is 0 Å². The first-order valence-electron chi connectivity index (χ1n) is 7.05.